The van der Waals surface area contributed by atoms with Crippen molar-refractivity contribution in [2.75, 3.05) is 0 Å². The number of fused-ring (bicyclic) bond motifs is 3. The standard InChI is InChI=1S/C64H37N5/c1-68-61-25-13-11-23-57(61)53-34-49(33-52(36-53)56-22-10-7-19-47(56)41-67)44-28-30-64-60(38-44)59-37-43(27-29-63(59)69(64)62-26-14-12-24-58(62)42-15-3-2-4-16-42)48-31-50(54-20-8-5-17-45(54)39-65)35-51(32-48)55-21-9-6-18-46(55)40-66/h2-38H. The van der Waals surface area contributed by atoms with Gasteiger partial charge in [-0.25, -0.2) is 4.85 Å². The summed E-state index contributed by atoms with van der Waals surface area (Å²) in [7, 11) is 0. The van der Waals surface area contributed by atoms with E-state index in [-0.39, 0.29) is 0 Å². The summed E-state index contributed by atoms with van der Waals surface area (Å²) in [5, 5.41) is 32.7. The average molecular weight is 876 g/mol. The molecule has 0 saturated heterocycles. The van der Waals surface area contributed by atoms with Gasteiger partial charge in [-0.3, -0.25) is 0 Å². The van der Waals surface area contributed by atoms with Gasteiger partial charge in [-0.1, -0.05) is 140 Å². The molecule has 1 heterocycles. The molecule has 0 bridgehead atoms. The Labute approximate surface area is 400 Å². The van der Waals surface area contributed by atoms with Gasteiger partial charge in [0, 0.05) is 16.3 Å². The van der Waals surface area contributed by atoms with Gasteiger partial charge in [0.2, 0.25) is 0 Å². The third-order valence-electron chi connectivity index (χ3n) is 12.9. The van der Waals surface area contributed by atoms with Crippen molar-refractivity contribution in [3.05, 3.63) is 253 Å². The Morgan fingerprint density at radius 1 is 0.319 bits per heavy atom. The molecule has 0 fully saturated rings. The van der Waals surface area contributed by atoms with Crippen LogP contribution in [0, 0.1) is 40.6 Å². The normalized spacial score (nSPS) is 10.8. The van der Waals surface area contributed by atoms with Crippen LogP contribution in [0.4, 0.5) is 5.69 Å². The van der Waals surface area contributed by atoms with Crippen molar-refractivity contribution in [3.63, 3.8) is 0 Å². The van der Waals surface area contributed by atoms with Crippen LogP contribution in [0.15, 0.2) is 224 Å². The number of benzene rings is 10. The fraction of sp³-hybridized carbons (Fsp3) is 0. The minimum absolute atomic E-state index is 0.553. The Morgan fingerprint density at radius 3 is 1.16 bits per heavy atom. The zero-order valence-corrected chi connectivity index (χ0v) is 37.1. The van der Waals surface area contributed by atoms with Crippen LogP contribution in [0.2, 0.25) is 0 Å². The molecule has 0 aliphatic rings. The van der Waals surface area contributed by atoms with Crippen LogP contribution < -0.4 is 0 Å². The lowest BCUT2D eigenvalue weighted by Crippen LogP contribution is -1.97. The summed E-state index contributed by atoms with van der Waals surface area (Å²) >= 11 is 0. The summed E-state index contributed by atoms with van der Waals surface area (Å²) in [6, 6.07) is 82.6. The Hall–Kier alpha value is -10.0. The molecule has 0 aliphatic heterocycles. The molecule has 10 aromatic carbocycles. The quantitative estimate of drug-likeness (QED) is 0.143. The summed E-state index contributed by atoms with van der Waals surface area (Å²) in [6.45, 7) is 8.02. The van der Waals surface area contributed by atoms with Crippen LogP contribution in [0.25, 0.3) is 110 Å². The van der Waals surface area contributed by atoms with E-state index in [0.29, 0.717) is 22.4 Å². The van der Waals surface area contributed by atoms with Gasteiger partial charge in [-0.2, -0.15) is 15.8 Å². The number of para-hydroxylation sites is 2. The van der Waals surface area contributed by atoms with Crippen molar-refractivity contribution in [2.45, 2.75) is 0 Å². The van der Waals surface area contributed by atoms with E-state index in [9.17, 15) is 15.8 Å². The molecule has 0 amide bonds. The van der Waals surface area contributed by atoms with E-state index in [4.69, 9.17) is 6.57 Å². The summed E-state index contributed by atoms with van der Waals surface area (Å²) in [4.78, 5) is 3.88. The third kappa shape index (κ3) is 7.56. The second-order valence-corrected chi connectivity index (χ2v) is 16.9. The molecular formula is C64H37N5. The summed E-state index contributed by atoms with van der Waals surface area (Å²) in [5.41, 5.74) is 18.2. The van der Waals surface area contributed by atoms with Gasteiger partial charge in [-0.05, 0) is 157 Å². The largest absolute Gasteiger partial charge is 0.309 e. The number of nitrogens with zero attached hydrogens (tertiary/aromatic N) is 5. The topological polar surface area (TPSA) is 80.7 Å². The van der Waals surface area contributed by atoms with Crippen molar-refractivity contribution in [2.24, 2.45) is 0 Å². The molecule has 0 N–H and O–H groups in total. The van der Waals surface area contributed by atoms with Gasteiger partial charge < -0.3 is 4.57 Å². The summed E-state index contributed by atoms with van der Waals surface area (Å²) in [6.07, 6.45) is 0. The first-order chi connectivity index (χ1) is 34.0. The van der Waals surface area contributed by atoms with E-state index >= 15 is 0 Å². The molecule has 0 aliphatic carbocycles. The van der Waals surface area contributed by atoms with Crippen LogP contribution in [0.1, 0.15) is 16.7 Å². The molecule has 318 valence electrons. The minimum atomic E-state index is 0.553. The van der Waals surface area contributed by atoms with Crippen molar-refractivity contribution in [3.8, 4) is 102 Å². The first-order valence-electron chi connectivity index (χ1n) is 22.5. The van der Waals surface area contributed by atoms with E-state index in [1.807, 2.05) is 103 Å². The lowest BCUT2D eigenvalue weighted by Gasteiger charge is -2.15. The monoisotopic (exact) mass is 875 g/mol. The predicted molar refractivity (Wildman–Crippen MR) is 279 cm³/mol. The van der Waals surface area contributed by atoms with Crippen molar-refractivity contribution in [1.82, 2.24) is 4.57 Å². The molecule has 0 saturated carbocycles. The van der Waals surface area contributed by atoms with Crippen LogP contribution in [0.3, 0.4) is 0 Å². The first-order valence-corrected chi connectivity index (χ1v) is 22.5. The number of rotatable bonds is 8. The maximum Gasteiger partial charge on any atom is 0.194 e. The SMILES string of the molecule is [C-]#[N+]c1ccccc1-c1cc(-c2ccc3c(c2)c2cc(-c4cc(-c5ccccc5C#N)cc(-c5ccccc5C#N)c4)ccc2n3-c2ccccc2-c2ccccc2)cc(-c2ccccc2C#N)c1. The summed E-state index contributed by atoms with van der Waals surface area (Å²) < 4.78 is 2.35. The fourth-order valence-electron chi connectivity index (χ4n) is 9.70. The molecule has 0 unspecified atom stereocenters. The zero-order valence-electron chi connectivity index (χ0n) is 37.1. The molecule has 1 aromatic heterocycles. The number of hydrogen-bond acceptors (Lipinski definition) is 3. The Balaban J connectivity index is 1.18. The fourth-order valence-corrected chi connectivity index (χ4v) is 9.70. The van der Waals surface area contributed by atoms with Crippen LogP contribution >= 0.6 is 0 Å². The zero-order chi connectivity index (χ0) is 46.8. The molecule has 11 aromatic rings. The van der Waals surface area contributed by atoms with Gasteiger partial charge in [0.25, 0.3) is 0 Å². The molecule has 0 atom stereocenters. The van der Waals surface area contributed by atoms with Crippen molar-refractivity contribution in [1.29, 1.82) is 15.8 Å². The van der Waals surface area contributed by atoms with E-state index < -0.39 is 0 Å². The Kier molecular flexibility index (Phi) is 10.7. The van der Waals surface area contributed by atoms with Crippen LogP contribution in [-0.4, -0.2) is 4.57 Å². The predicted octanol–water partition coefficient (Wildman–Crippen LogP) is 16.6. The van der Waals surface area contributed by atoms with Gasteiger partial charge in [-0.15, -0.1) is 0 Å². The highest BCUT2D eigenvalue weighted by atomic mass is 15.0. The van der Waals surface area contributed by atoms with E-state index in [1.54, 1.807) is 0 Å². The van der Waals surface area contributed by atoms with Gasteiger partial charge in [0.05, 0.1) is 58.2 Å². The van der Waals surface area contributed by atoms with Crippen molar-refractivity contribution < 1.29 is 0 Å². The molecule has 5 heteroatoms. The molecule has 69 heavy (non-hydrogen) atoms. The second kappa shape index (κ2) is 17.7. The molecule has 11 rings (SSSR count). The van der Waals surface area contributed by atoms with E-state index in [2.05, 4.69) is 149 Å². The first kappa shape index (κ1) is 41.7. The average Bonchev–Trinajstić information content (AvgIpc) is 3.75. The highest BCUT2D eigenvalue weighted by molar-refractivity contribution is 6.12. The van der Waals surface area contributed by atoms with E-state index in [0.717, 1.165) is 105 Å². The maximum absolute atomic E-state index is 10.2. The highest BCUT2D eigenvalue weighted by Crippen LogP contribution is 2.43. The number of hydrogen-bond donors (Lipinski definition) is 0. The van der Waals surface area contributed by atoms with Gasteiger partial charge >= 0.3 is 0 Å². The minimum Gasteiger partial charge on any atom is -0.309 e. The summed E-state index contributed by atoms with van der Waals surface area (Å²) in [5.74, 6) is 0. The molecule has 0 spiro atoms. The van der Waals surface area contributed by atoms with E-state index in [1.165, 1.54) is 0 Å². The second-order valence-electron chi connectivity index (χ2n) is 16.9. The van der Waals surface area contributed by atoms with Gasteiger partial charge in [0.15, 0.2) is 5.69 Å². The molecule has 0 radical (unpaired) electrons. The van der Waals surface area contributed by atoms with Crippen molar-refractivity contribution >= 4 is 27.5 Å². The molecular weight excluding hydrogens is 839 g/mol. The lowest BCUT2D eigenvalue weighted by atomic mass is 9.90. The van der Waals surface area contributed by atoms with Crippen LogP contribution in [0.5, 0.6) is 0 Å². The highest BCUT2D eigenvalue weighted by Gasteiger charge is 2.20. The smallest absolute Gasteiger partial charge is 0.194 e. The van der Waals surface area contributed by atoms with Gasteiger partial charge in [0.1, 0.15) is 0 Å². The Bertz CT molecular complexity index is 3650. The van der Waals surface area contributed by atoms with Crippen LogP contribution in [-0.2, 0) is 0 Å². The third-order valence-corrected chi connectivity index (χ3v) is 12.9. The molecule has 5 nitrogen and oxygen atoms in total. The maximum atomic E-state index is 10.2. The number of aromatic nitrogens is 1. The Morgan fingerprint density at radius 2 is 0.696 bits per heavy atom. The lowest BCUT2D eigenvalue weighted by molar-refractivity contribution is 1.18. The number of nitriles is 3.